The van der Waals surface area contributed by atoms with Gasteiger partial charge in [-0.3, -0.25) is 14.6 Å². The lowest BCUT2D eigenvalue weighted by Crippen LogP contribution is -2.62. The van der Waals surface area contributed by atoms with Crippen LogP contribution < -0.4 is 5.32 Å². The summed E-state index contributed by atoms with van der Waals surface area (Å²) in [5, 5.41) is 3.03. The van der Waals surface area contributed by atoms with Gasteiger partial charge in [-0.2, -0.15) is 0 Å². The van der Waals surface area contributed by atoms with Crippen molar-refractivity contribution in [3.05, 3.63) is 66.0 Å². The molecule has 0 spiro atoms. The van der Waals surface area contributed by atoms with Crippen molar-refractivity contribution in [1.82, 2.24) is 15.2 Å². The Kier molecular flexibility index (Phi) is 6.97. The van der Waals surface area contributed by atoms with Crippen LogP contribution in [0.2, 0.25) is 0 Å². The van der Waals surface area contributed by atoms with Gasteiger partial charge in [0.2, 0.25) is 5.91 Å². The highest BCUT2D eigenvalue weighted by molar-refractivity contribution is 5.87. The van der Waals surface area contributed by atoms with Gasteiger partial charge in [0.25, 0.3) is 5.91 Å². The van der Waals surface area contributed by atoms with Gasteiger partial charge in [-0.15, -0.1) is 0 Å². The zero-order valence-corrected chi connectivity index (χ0v) is 18.0. The second-order valence-electron chi connectivity index (χ2n) is 8.68. The van der Waals surface area contributed by atoms with Gasteiger partial charge >= 0.3 is 0 Å². The number of nitrogens with zero attached hydrogens (tertiary/aromatic N) is 2. The minimum absolute atomic E-state index is 0.136. The number of ether oxygens (including phenoxy) is 1. The van der Waals surface area contributed by atoms with Crippen molar-refractivity contribution in [3.8, 4) is 0 Å². The standard InChI is InChI=1S/C25H31N3O3/c29-23(16-20-8-4-5-9-20)28-14-15-31-25(19-28,17-22-12-6-7-13-26-22)24(30)27-18-21-10-2-1-3-11-21/h1-3,6-7,10-13,20H,4-5,8-9,14-19H2,(H,27,30). The van der Waals surface area contributed by atoms with Crippen LogP contribution in [-0.4, -0.2) is 47.0 Å². The predicted molar refractivity (Wildman–Crippen MR) is 118 cm³/mol. The average Bonchev–Trinajstić information content (AvgIpc) is 3.32. The highest BCUT2D eigenvalue weighted by atomic mass is 16.5. The van der Waals surface area contributed by atoms with E-state index in [-0.39, 0.29) is 18.4 Å². The molecule has 164 valence electrons. The Morgan fingerprint density at radius 2 is 1.87 bits per heavy atom. The van der Waals surface area contributed by atoms with Crippen molar-refractivity contribution in [1.29, 1.82) is 0 Å². The summed E-state index contributed by atoms with van der Waals surface area (Å²) < 4.78 is 6.12. The van der Waals surface area contributed by atoms with E-state index in [2.05, 4.69) is 10.3 Å². The topological polar surface area (TPSA) is 71.5 Å². The first-order valence-electron chi connectivity index (χ1n) is 11.3. The van der Waals surface area contributed by atoms with Crippen molar-refractivity contribution < 1.29 is 14.3 Å². The molecule has 2 aromatic rings. The summed E-state index contributed by atoms with van der Waals surface area (Å²) in [5.41, 5.74) is 0.670. The number of hydrogen-bond donors (Lipinski definition) is 1. The molecule has 1 N–H and O–H groups in total. The largest absolute Gasteiger partial charge is 0.361 e. The van der Waals surface area contributed by atoms with Crippen LogP contribution >= 0.6 is 0 Å². The van der Waals surface area contributed by atoms with Crippen LogP contribution in [0.1, 0.15) is 43.4 Å². The van der Waals surface area contributed by atoms with Gasteiger partial charge < -0.3 is 15.0 Å². The van der Waals surface area contributed by atoms with E-state index < -0.39 is 5.60 Å². The van der Waals surface area contributed by atoms with Crippen LogP contribution in [0.4, 0.5) is 0 Å². The second-order valence-corrected chi connectivity index (χ2v) is 8.68. The average molecular weight is 422 g/mol. The fraction of sp³-hybridized carbons (Fsp3) is 0.480. The molecule has 2 amide bonds. The molecule has 4 rings (SSSR count). The van der Waals surface area contributed by atoms with E-state index in [9.17, 15) is 9.59 Å². The van der Waals surface area contributed by atoms with Crippen LogP contribution in [0.5, 0.6) is 0 Å². The summed E-state index contributed by atoms with van der Waals surface area (Å²) in [6.07, 6.45) is 7.32. The first-order valence-corrected chi connectivity index (χ1v) is 11.3. The Labute approximate surface area is 184 Å². The number of morpholine rings is 1. The maximum Gasteiger partial charge on any atom is 0.254 e. The highest BCUT2D eigenvalue weighted by Crippen LogP contribution is 2.30. The van der Waals surface area contributed by atoms with E-state index in [1.54, 1.807) is 6.20 Å². The van der Waals surface area contributed by atoms with Gasteiger partial charge in [0.05, 0.1) is 13.2 Å². The molecule has 6 heteroatoms. The zero-order chi connectivity index (χ0) is 21.5. The number of amides is 2. The number of benzene rings is 1. The highest BCUT2D eigenvalue weighted by Gasteiger charge is 2.45. The third kappa shape index (κ3) is 5.50. The number of carbonyl (C=O) groups excluding carboxylic acids is 2. The summed E-state index contributed by atoms with van der Waals surface area (Å²) >= 11 is 0. The molecule has 1 saturated carbocycles. The molecular weight excluding hydrogens is 390 g/mol. The molecule has 0 bridgehead atoms. The molecule has 1 saturated heterocycles. The van der Waals surface area contributed by atoms with E-state index in [1.807, 2.05) is 53.4 Å². The van der Waals surface area contributed by atoms with Gasteiger partial charge in [0.1, 0.15) is 0 Å². The Bertz CT molecular complexity index is 868. The van der Waals surface area contributed by atoms with Crippen molar-refractivity contribution >= 4 is 11.8 Å². The summed E-state index contributed by atoms with van der Waals surface area (Å²) in [6.45, 7) is 1.56. The number of carbonyl (C=O) groups is 2. The van der Waals surface area contributed by atoms with E-state index in [0.29, 0.717) is 38.5 Å². The first-order chi connectivity index (χ1) is 15.1. The predicted octanol–water partition coefficient (Wildman–Crippen LogP) is 3.12. The molecule has 6 nitrogen and oxygen atoms in total. The van der Waals surface area contributed by atoms with Crippen molar-refractivity contribution in [2.24, 2.45) is 5.92 Å². The molecular formula is C25H31N3O3. The molecule has 1 unspecified atom stereocenters. The van der Waals surface area contributed by atoms with E-state index in [1.165, 1.54) is 12.8 Å². The number of pyridine rings is 1. The summed E-state index contributed by atoms with van der Waals surface area (Å²) in [5.74, 6) is 0.421. The van der Waals surface area contributed by atoms with Gasteiger partial charge in [-0.25, -0.2) is 0 Å². The normalized spacial score (nSPS) is 21.7. The van der Waals surface area contributed by atoms with E-state index in [4.69, 9.17) is 4.74 Å². The van der Waals surface area contributed by atoms with Gasteiger partial charge in [0, 0.05) is 37.8 Å². The monoisotopic (exact) mass is 421 g/mol. The maximum absolute atomic E-state index is 13.4. The summed E-state index contributed by atoms with van der Waals surface area (Å²) in [6, 6.07) is 15.5. The Balaban J connectivity index is 1.49. The summed E-state index contributed by atoms with van der Waals surface area (Å²) in [4.78, 5) is 32.7. The van der Waals surface area contributed by atoms with Crippen LogP contribution in [0.25, 0.3) is 0 Å². The molecule has 2 aliphatic rings. The van der Waals surface area contributed by atoms with Gasteiger partial charge in [0.15, 0.2) is 5.60 Å². The van der Waals surface area contributed by atoms with Crippen LogP contribution in [0.15, 0.2) is 54.7 Å². The minimum Gasteiger partial charge on any atom is -0.361 e. The first kappa shape index (κ1) is 21.5. The number of nitrogens with one attached hydrogen (secondary N) is 1. The number of rotatable bonds is 7. The fourth-order valence-corrected chi connectivity index (χ4v) is 4.65. The smallest absolute Gasteiger partial charge is 0.254 e. The lowest BCUT2D eigenvalue weighted by atomic mass is 9.92. The Morgan fingerprint density at radius 3 is 2.61 bits per heavy atom. The quantitative estimate of drug-likeness (QED) is 0.746. The number of aromatic nitrogens is 1. The fourth-order valence-electron chi connectivity index (χ4n) is 4.65. The Morgan fingerprint density at radius 1 is 1.10 bits per heavy atom. The second kappa shape index (κ2) is 10.1. The summed E-state index contributed by atoms with van der Waals surface area (Å²) in [7, 11) is 0. The van der Waals surface area contributed by atoms with Crippen LogP contribution in [0, 0.1) is 5.92 Å². The molecule has 2 fully saturated rings. The SMILES string of the molecule is O=C(CC1CCCC1)N1CCOC(Cc2ccccn2)(C(=O)NCc2ccccc2)C1. The van der Waals surface area contributed by atoms with Crippen molar-refractivity contribution in [3.63, 3.8) is 0 Å². The zero-order valence-electron chi connectivity index (χ0n) is 18.0. The molecule has 0 radical (unpaired) electrons. The minimum atomic E-state index is -1.13. The maximum atomic E-state index is 13.4. The van der Waals surface area contributed by atoms with Crippen LogP contribution in [0.3, 0.4) is 0 Å². The number of hydrogen-bond acceptors (Lipinski definition) is 4. The molecule has 1 aliphatic carbocycles. The molecule has 1 aromatic carbocycles. The lowest BCUT2D eigenvalue weighted by Gasteiger charge is -2.41. The third-order valence-electron chi connectivity index (χ3n) is 6.38. The van der Waals surface area contributed by atoms with Gasteiger partial charge in [-0.05, 0) is 36.5 Å². The molecule has 1 aromatic heterocycles. The molecule has 1 aliphatic heterocycles. The molecule has 2 heterocycles. The van der Waals surface area contributed by atoms with Crippen LogP contribution in [-0.2, 0) is 27.3 Å². The van der Waals surface area contributed by atoms with Gasteiger partial charge in [-0.1, -0.05) is 49.2 Å². The van der Waals surface area contributed by atoms with E-state index in [0.717, 1.165) is 24.1 Å². The molecule has 31 heavy (non-hydrogen) atoms. The van der Waals surface area contributed by atoms with Crippen molar-refractivity contribution in [2.45, 2.75) is 50.7 Å². The lowest BCUT2D eigenvalue weighted by molar-refractivity contribution is -0.166. The van der Waals surface area contributed by atoms with Crippen molar-refractivity contribution in [2.75, 3.05) is 19.7 Å². The van der Waals surface area contributed by atoms with E-state index >= 15 is 0 Å². The Hall–Kier alpha value is -2.73. The third-order valence-corrected chi connectivity index (χ3v) is 6.38. The molecule has 1 atom stereocenters.